The second kappa shape index (κ2) is 5.58. The van der Waals surface area contributed by atoms with Crippen molar-refractivity contribution in [1.29, 1.82) is 0 Å². The van der Waals surface area contributed by atoms with E-state index < -0.39 is 0 Å². The van der Waals surface area contributed by atoms with E-state index in [0.717, 1.165) is 16.8 Å². The van der Waals surface area contributed by atoms with E-state index >= 15 is 0 Å². The van der Waals surface area contributed by atoms with E-state index in [4.69, 9.17) is 5.84 Å². The Morgan fingerprint density at radius 2 is 1.90 bits per heavy atom. The van der Waals surface area contributed by atoms with Gasteiger partial charge in [0.15, 0.2) is 5.82 Å². The molecular formula is C14H22N6. The van der Waals surface area contributed by atoms with Crippen LogP contribution in [0, 0.1) is 6.92 Å². The minimum atomic E-state index is 0.312. The van der Waals surface area contributed by atoms with Crippen LogP contribution in [0.25, 0.3) is 11.4 Å². The molecule has 0 saturated carbocycles. The number of nitrogen functional groups attached to an aromatic ring is 1. The van der Waals surface area contributed by atoms with Crippen LogP contribution in [0.2, 0.25) is 0 Å². The van der Waals surface area contributed by atoms with Crippen LogP contribution in [0.3, 0.4) is 0 Å². The SMILES string of the molecule is Cc1nc(-c2cnn(C(C)C)c2)nc(NN)c1C(C)C. The van der Waals surface area contributed by atoms with E-state index in [-0.39, 0.29) is 0 Å². The van der Waals surface area contributed by atoms with Gasteiger partial charge in [0.2, 0.25) is 0 Å². The minimum absolute atomic E-state index is 0.312. The van der Waals surface area contributed by atoms with Crippen molar-refractivity contribution in [2.24, 2.45) is 5.84 Å². The third-order valence-corrected chi connectivity index (χ3v) is 3.24. The number of nitrogens with two attached hydrogens (primary N) is 1. The molecule has 0 aliphatic heterocycles. The third-order valence-electron chi connectivity index (χ3n) is 3.24. The molecule has 0 saturated heterocycles. The fourth-order valence-electron chi connectivity index (χ4n) is 2.25. The van der Waals surface area contributed by atoms with Crippen molar-refractivity contribution < 1.29 is 0 Å². The van der Waals surface area contributed by atoms with Crippen molar-refractivity contribution in [2.45, 2.75) is 46.6 Å². The minimum Gasteiger partial charge on any atom is -0.308 e. The molecule has 0 aromatic carbocycles. The van der Waals surface area contributed by atoms with Crippen molar-refractivity contribution in [2.75, 3.05) is 5.43 Å². The Bertz CT molecular complexity index is 600. The number of rotatable bonds is 4. The summed E-state index contributed by atoms with van der Waals surface area (Å²) in [6.07, 6.45) is 3.74. The van der Waals surface area contributed by atoms with Gasteiger partial charge >= 0.3 is 0 Å². The quantitative estimate of drug-likeness (QED) is 0.661. The number of aromatic nitrogens is 4. The Labute approximate surface area is 119 Å². The fraction of sp³-hybridized carbons (Fsp3) is 0.500. The number of nitrogens with zero attached hydrogens (tertiary/aromatic N) is 4. The molecule has 2 aromatic heterocycles. The van der Waals surface area contributed by atoms with Crippen LogP contribution < -0.4 is 11.3 Å². The van der Waals surface area contributed by atoms with Crippen molar-refractivity contribution in [3.63, 3.8) is 0 Å². The number of hydrogen-bond acceptors (Lipinski definition) is 5. The smallest absolute Gasteiger partial charge is 0.165 e. The first-order chi connectivity index (χ1) is 9.43. The lowest BCUT2D eigenvalue weighted by molar-refractivity contribution is 0.532. The van der Waals surface area contributed by atoms with Gasteiger partial charge in [0, 0.05) is 23.5 Å². The predicted molar refractivity (Wildman–Crippen MR) is 80.3 cm³/mol. The lowest BCUT2D eigenvalue weighted by Crippen LogP contribution is -2.14. The highest BCUT2D eigenvalue weighted by molar-refractivity contribution is 5.58. The molecule has 0 fully saturated rings. The summed E-state index contributed by atoms with van der Waals surface area (Å²) in [6.45, 7) is 10.3. The Morgan fingerprint density at radius 3 is 2.40 bits per heavy atom. The normalized spacial score (nSPS) is 11.4. The van der Waals surface area contributed by atoms with Gasteiger partial charge in [0.1, 0.15) is 5.82 Å². The third kappa shape index (κ3) is 2.65. The van der Waals surface area contributed by atoms with Crippen LogP contribution in [0.15, 0.2) is 12.4 Å². The molecule has 0 unspecified atom stereocenters. The van der Waals surface area contributed by atoms with E-state index in [1.54, 1.807) is 6.20 Å². The molecule has 108 valence electrons. The van der Waals surface area contributed by atoms with E-state index in [0.29, 0.717) is 23.6 Å². The molecule has 0 atom stereocenters. The molecular weight excluding hydrogens is 252 g/mol. The maximum Gasteiger partial charge on any atom is 0.165 e. The van der Waals surface area contributed by atoms with E-state index in [1.165, 1.54) is 0 Å². The zero-order valence-electron chi connectivity index (χ0n) is 12.7. The summed E-state index contributed by atoms with van der Waals surface area (Å²) in [4.78, 5) is 9.10. The van der Waals surface area contributed by atoms with Crippen LogP contribution in [0.1, 0.15) is 50.9 Å². The molecule has 0 bridgehead atoms. The second-order valence-corrected chi connectivity index (χ2v) is 5.50. The summed E-state index contributed by atoms with van der Waals surface area (Å²) in [7, 11) is 0. The monoisotopic (exact) mass is 274 g/mol. The number of hydrogen-bond donors (Lipinski definition) is 2. The van der Waals surface area contributed by atoms with Gasteiger partial charge in [-0.05, 0) is 26.7 Å². The molecule has 0 amide bonds. The Hall–Kier alpha value is -1.95. The van der Waals surface area contributed by atoms with Crippen LogP contribution in [0.4, 0.5) is 5.82 Å². The van der Waals surface area contributed by atoms with Gasteiger partial charge in [-0.2, -0.15) is 5.10 Å². The Balaban J connectivity index is 2.49. The van der Waals surface area contributed by atoms with Crippen molar-refractivity contribution in [1.82, 2.24) is 19.7 Å². The summed E-state index contributed by atoms with van der Waals surface area (Å²) in [5.41, 5.74) is 5.56. The number of nitrogens with one attached hydrogen (secondary N) is 1. The van der Waals surface area contributed by atoms with Crippen molar-refractivity contribution in [3.8, 4) is 11.4 Å². The topological polar surface area (TPSA) is 81.7 Å². The highest BCUT2D eigenvalue weighted by Gasteiger charge is 2.16. The largest absolute Gasteiger partial charge is 0.308 e. The molecule has 0 spiro atoms. The number of anilines is 1. The molecule has 6 nitrogen and oxygen atoms in total. The highest BCUT2D eigenvalue weighted by Crippen LogP contribution is 2.27. The molecule has 0 aliphatic rings. The molecule has 2 aromatic rings. The second-order valence-electron chi connectivity index (χ2n) is 5.50. The maximum atomic E-state index is 5.60. The summed E-state index contributed by atoms with van der Waals surface area (Å²) in [5.74, 6) is 7.24. The van der Waals surface area contributed by atoms with Crippen LogP contribution >= 0.6 is 0 Å². The summed E-state index contributed by atoms with van der Waals surface area (Å²) in [6, 6.07) is 0.312. The zero-order valence-corrected chi connectivity index (χ0v) is 12.7. The summed E-state index contributed by atoms with van der Waals surface area (Å²) < 4.78 is 1.89. The van der Waals surface area contributed by atoms with Gasteiger partial charge in [-0.25, -0.2) is 15.8 Å². The van der Waals surface area contributed by atoms with Gasteiger partial charge in [-0.15, -0.1) is 0 Å². The lowest BCUT2D eigenvalue weighted by atomic mass is 10.0. The van der Waals surface area contributed by atoms with Crippen LogP contribution in [-0.4, -0.2) is 19.7 Å². The number of hydrazine groups is 1. The summed E-state index contributed by atoms with van der Waals surface area (Å²) in [5, 5.41) is 4.32. The Morgan fingerprint density at radius 1 is 1.20 bits per heavy atom. The van der Waals surface area contributed by atoms with Gasteiger partial charge < -0.3 is 5.43 Å². The van der Waals surface area contributed by atoms with E-state index in [9.17, 15) is 0 Å². The lowest BCUT2D eigenvalue weighted by Gasteiger charge is -2.14. The first-order valence-corrected chi connectivity index (χ1v) is 6.83. The molecule has 2 rings (SSSR count). The molecule has 0 radical (unpaired) electrons. The molecule has 3 N–H and O–H groups in total. The maximum absolute atomic E-state index is 5.60. The van der Waals surface area contributed by atoms with Crippen molar-refractivity contribution in [3.05, 3.63) is 23.7 Å². The number of aryl methyl sites for hydroxylation is 1. The first-order valence-electron chi connectivity index (χ1n) is 6.83. The first kappa shape index (κ1) is 14.5. The van der Waals surface area contributed by atoms with Gasteiger partial charge in [0.25, 0.3) is 0 Å². The fourth-order valence-corrected chi connectivity index (χ4v) is 2.25. The average Bonchev–Trinajstić information content (AvgIpc) is 2.86. The van der Waals surface area contributed by atoms with Crippen LogP contribution in [-0.2, 0) is 0 Å². The zero-order chi connectivity index (χ0) is 14.9. The van der Waals surface area contributed by atoms with E-state index in [2.05, 4.69) is 48.2 Å². The highest BCUT2D eigenvalue weighted by atomic mass is 15.3. The molecule has 20 heavy (non-hydrogen) atoms. The van der Waals surface area contributed by atoms with E-state index in [1.807, 2.05) is 17.8 Å². The van der Waals surface area contributed by atoms with Gasteiger partial charge in [-0.1, -0.05) is 13.8 Å². The average molecular weight is 274 g/mol. The van der Waals surface area contributed by atoms with Gasteiger partial charge in [-0.3, -0.25) is 4.68 Å². The molecule has 6 heteroatoms. The van der Waals surface area contributed by atoms with Crippen LogP contribution in [0.5, 0.6) is 0 Å². The Kier molecular flexibility index (Phi) is 4.04. The molecule has 0 aliphatic carbocycles. The summed E-state index contributed by atoms with van der Waals surface area (Å²) >= 11 is 0. The molecule has 2 heterocycles. The standard InChI is InChI=1S/C14H22N6/c1-8(2)12-10(5)17-13(18-14(12)19-15)11-6-16-20(7-11)9(3)4/h6-9H,15H2,1-5H3,(H,17,18,19). The van der Waals surface area contributed by atoms with Crippen molar-refractivity contribution >= 4 is 5.82 Å². The predicted octanol–water partition coefficient (Wildman–Crippen LogP) is 2.64. The van der Waals surface area contributed by atoms with Gasteiger partial charge in [0.05, 0.1) is 11.8 Å².